The highest BCUT2D eigenvalue weighted by molar-refractivity contribution is 6.30. The molecule has 0 amide bonds. The van der Waals surface area contributed by atoms with Crippen molar-refractivity contribution in [2.45, 2.75) is 38.5 Å². The van der Waals surface area contributed by atoms with E-state index in [1.165, 1.54) is 37.7 Å². The molecule has 0 atom stereocenters. The van der Waals surface area contributed by atoms with E-state index >= 15 is 0 Å². The molecule has 0 unspecified atom stereocenters. The van der Waals surface area contributed by atoms with E-state index in [1.54, 1.807) is 7.11 Å². The van der Waals surface area contributed by atoms with Gasteiger partial charge in [-0.2, -0.15) is 0 Å². The van der Waals surface area contributed by atoms with Crippen LogP contribution in [0.15, 0.2) is 24.3 Å². The Bertz CT molecular complexity index is 384. The molecule has 2 rings (SSSR count). The van der Waals surface area contributed by atoms with E-state index in [9.17, 15) is 0 Å². The van der Waals surface area contributed by atoms with E-state index in [4.69, 9.17) is 16.3 Å². The summed E-state index contributed by atoms with van der Waals surface area (Å²) in [5, 5.41) is 4.40. The third-order valence-corrected chi connectivity index (χ3v) is 4.64. The Morgan fingerprint density at radius 1 is 1.15 bits per heavy atom. The normalized spacial score (nSPS) is 18.1. The molecule has 0 heterocycles. The minimum absolute atomic E-state index is 0.416. The monoisotopic (exact) mass is 295 g/mol. The van der Waals surface area contributed by atoms with Crippen LogP contribution >= 0.6 is 11.6 Å². The second-order valence-corrected chi connectivity index (χ2v) is 6.47. The predicted octanol–water partition coefficient (Wildman–Crippen LogP) is 4.07. The average molecular weight is 296 g/mol. The minimum Gasteiger partial charge on any atom is -0.383 e. The Labute approximate surface area is 127 Å². The Morgan fingerprint density at radius 2 is 1.85 bits per heavy atom. The molecule has 20 heavy (non-hydrogen) atoms. The molecule has 3 heteroatoms. The smallest absolute Gasteiger partial charge is 0.0587 e. The van der Waals surface area contributed by atoms with Crippen molar-refractivity contribution in [1.29, 1.82) is 0 Å². The maximum atomic E-state index is 5.98. The first-order valence-electron chi connectivity index (χ1n) is 7.68. The highest BCUT2D eigenvalue weighted by Crippen LogP contribution is 2.38. The molecule has 0 radical (unpaired) electrons. The van der Waals surface area contributed by atoms with Gasteiger partial charge in [-0.05, 0) is 42.4 Å². The number of halogens is 1. The average Bonchev–Trinajstić information content (AvgIpc) is 2.47. The van der Waals surface area contributed by atoms with Crippen molar-refractivity contribution in [2.24, 2.45) is 5.41 Å². The molecule has 1 aromatic carbocycles. The highest BCUT2D eigenvalue weighted by Gasteiger charge is 2.31. The maximum Gasteiger partial charge on any atom is 0.0587 e. The van der Waals surface area contributed by atoms with Gasteiger partial charge in [0.2, 0.25) is 0 Å². The lowest BCUT2D eigenvalue weighted by molar-refractivity contribution is 0.162. The second-order valence-electron chi connectivity index (χ2n) is 6.03. The Balaban J connectivity index is 1.96. The fourth-order valence-electron chi connectivity index (χ4n) is 3.28. The van der Waals surface area contributed by atoms with Gasteiger partial charge >= 0.3 is 0 Å². The summed E-state index contributed by atoms with van der Waals surface area (Å²) in [6, 6.07) is 8.36. The fourth-order valence-corrected chi connectivity index (χ4v) is 3.41. The molecule has 0 spiro atoms. The zero-order valence-corrected chi connectivity index (χ0v) is 13.2. The largest absolute Gasteiger partial charge is 0.383 e. The summed E-state index contributed by atoms with van der Waals surface area (Å²) in [4.78, 5) is 0. The van der Waals surface area contributed by atoms with Gasteiger partial charge in [-0.15, -0.1) is 0 Å². The SMILES string of the molecule is COCCNCC1(Cc2ccc(Cl)cc2)CCCCC1. The van der Waals surface area contributed by atoms with Crippen molar-refractivity contribution in [3.8, 4) is 0 Å². The van der Waals surface area contributed by atoms with Gasteiger partial charge in [0.25, 0.3) is 0 Å². The van der Waals surface area contributed by atoms with Crippen molar-refractivity contribution in [3.63, 3.8) is 0 Å². The number of ether oxygens (including phenoxy) is 1. The molecule has 1 fully saturated rings. The van der Waals surface area contributed by atoms with Crippen LogP contribution in [0.3, 0.4) is 0 Å². The van der Waals surface area contributed by atoms with Crippen LogP contribution in [0.25, 0.3) is 0 Å². The quantitative estimate of drug-likeness (QED) is 0.766. The number of nitrogens with one attached hydrogen (secondary N) is 1. The van der Waals surface area contributed by atoms with Gasteiger partial charge in [-0.25, -0.2) is 0 Å². The summed E-state index contributed by atoms with van der Waals surface area (Å²) in [5.41, 5.74) is 1.82. The Morgan fingerprint density at radius 3 is 2.50 bits per heavy atom. The van der Waals surface area contributed by atoms with E-state index in [2.05, 4.69) is 17.4 Å². The molecular formula is C17H26ClNO. The third kappa shape index (κ3) is 4.76. The molecule has 0 saturated heterocycles. The summed E-state index contributed by atoms with van der Waals surface area (Å²) in [7, 11) is 1.76. The van der Waals surface area contributed by atoms with Crippen LogP contribution in [0, 0.1) is 5.41 Å². The summed E-state index contributed by atoms with van der Waals surface area (Å²) in [6.07, 6.45) is 7.93. The first kappa shape index (κ1) is 15.8. The second kappa shape index (κ2) is 8.02. The van der Waals surface area contributed by atoms with Crippen LogP contribution < -0.4 is 5.32 Å². The lowest BCUT2D eigenvalue weighted by Gasteiger charge is -2.38. The summed E-state index contributed by atoms with van der Waals surface area (Å²) >= 11 is 5.98. The number of benzene rings is 1. The van der Waals surface area contributed by atoms with E-state index in [-0.39, 0.29) is 0 Å². The van der Waals surface area contributed by atoms with Crippen molar-refractivity contribution >= 4 is 11.6 Å². The first-order valence-corrected chi connectivity index (χ1v) is 8.06. The molecular weight excluding hydrogens is 270 g/mol. The molecule has 1 aliphatic carbocycles. The number of rotatable bonds is 7. The molecule has 0 aliphatic heterocycles. The number of hydrogen-bond donors (Lipinski definition) is 1. The van der Waals surface area contributed by atoms with Gasteiger partial charge in [-0.1, -0.05) is 43.0 Å². The van der Waals surface area contributed by atoms with Crippen LogP contribution in [-0.2, 0) is 11.2 Å². The molecule has 1 saturated carbocycles. The Kier molecular flexibility index (Phi) is 6.34. The molecule has 2 nitrogen and oxygen atoms in total. The molecule has 0 aromatic heterocycles. The van der Waals surface area contributed by atoms with Gasteiger partial charge in [0, 0.05) is 25.2 Å². The highest BCUT2D eigenvalue weighted by atomic mass is 35.5. The van der Waals surface area contributed by atoms with Crippen LogP contribution in [0.1, 0.15) is 37.7 Å². The first-order chi connectivity index (χ1) is 9.74. The van der Waals surface area contributed by atoms with Crippen LogP contribution in [0.2, 0.25) is 5.02 Å². The lowest BCUT2D eigenvalue weighted by atomic mass is 9.70. The molecule has 0 bridgehead atoms. The molecule has 1 aliphatic rings. The van der Waals surface area contributed by atoms with E-state index in [1.807, 2.05) is 12.1 Å². The zero-order valence-electron chi connectivity index (χ0n) is 12.5. The predicted molar refractivity (Wildman–Crippen MR) is 85.4 cm³/mol. The minimum atomic E-state index is 0.416. The van der Waals surface area contributed by atoms with E-state index in [0.717, 1.165) is 31.1 Å². The van der Waals surface area contributed by atoms with Crippen LogP contribution in [0.4, 0.5) is 0 Å². The van der Waals surface area contributed by atoms with Crippen molar-refractivity contribution in [3.05, 3.63) is 34.9 Å². The van der Waals surface area contributed by atoms with E-state index < -0.39 is 0 Å². The topological polar surface area (TPSA) is 21.3 Å². The van der Waals surface area contributed by atoms with Gasteiger partial charge in [-0.3, -0.25) is 0 Å². The number of methoxy groups -OCH3 is 1. The van der Waals surface area contributed by atoms with Gasteiger partial charge in [0.05, 0.1) is 6.61 Å². The van der Waals surface area contributed by atoms with Crippen molar-refractivity contribution in [1.82, 2.24) is 5.32 Å². The molecule has 1 aromatic rings. The molecule has 1 N–H and O–H groups in total. The van der Waals surface area contributed by atoms with Gasteiger partial charge in [0.15, 0.2) is 0 Å². The Hall–Kier alpha value is -0.570. The van der Waals surface area contributed by atoms with Crippen LogP contribution in [0.5, 0.6) is 0 Å². The van der Waals surface area contributed by atoms with Crippen molar-refractivity contribution in [2.75, 3.05) is 26.8 Å². The maximum absolute atomic E-state index is 5.98. The lowest BCUT2D eigenvalue weighted by Crippen LogP contribution is -2.39. The molecule has 112 valence electrons. The third-order valence-electron chi connectivity index (χ3n) is 4.39. The summed E-state index contributed by atoms with van der Waals surface area (Å²) < 4.78 is 5.12. The number of hydrogen-bond acceptors (Lipinski definition) is 2. The van der Waals surface area contributed by atoms with Crippen LogP contribution in [-0.4, -0.2) is 26.8 Å². The van der Waals surface area contributed by atoms with Gasteiger partial charge < -0.3 is 10.1 Å². The van der Waals surface area contributed by atoms with Crippen molar-refractivity contribution < 1.29 is 4.74 Å². The summed E-state index contributed by atoms with van der Waals surface area (Å²) in [6.45, 7) is 2.83. The van der Waals surface area contributed by atoms with E-state index in [0.29, 0.717) is 5.41 Å². The standard InChI is InChI=1S/C17H26ClNO/c1-20-12-11-19-14-17(9-3-2-4-10-17)13-15-5-7-16(18)8-6-15/h5-8,19H,2-4,9-14H2,1H3. The zero-order chi connectivity index (χ0) is 14.3. The fraction of sp³-hybridized carbons (Fsp3) is 0.647. The van der Waals surface area contributed by atoms with Gasteiger partial charge in [0.1, 0.15) is 0 Å². The summed E-state index contributed by atoms with van der Waals surface area (Å²) in [5.74, 6) is 0.